The molecule has 0 aliphatic carbocycles. The normalized spacial score (nSPS) is 11.7. The van der Waals surface area contributed by atoms with E-state index in [1.54, 1.807) is 6.20 Å². The zero-order valence-corrected chi connectivity index (χ0v) is 7.01. The van der Waals surface area contributed by atoms with Crippen molar-refractivity contribution >= 4 is 17.4 Å². The number of aromatic nitrogens is 1. The van der Waals surface area contributed by atoms with Gasteiger partial charge in [0.15, 0.2) is 0 Å². The van der Waals surface area contributed by atoms with Crippen LogP contribution in [0.5, 0.6) is 0 Å². The van der Waals surface area contributed by atoms with Crippen LogP contribution in [-0.2, 0) is 0 Å². The van der Waals surface area contributed by atoms with Gasteiger partial charge in [-0.05, 0) is 31.3 Å². The molecule has 0 saturated carbocycles. The fraction of sp³-hybridized carbons (Fsp3) is 0.250. The van der Waals surface area contributed by atoms with E-state index in [9.17, 15) is 0 Å². The summed E-state index contributed by atoms with van der Waals surface area (Å²) in [6, 6.07) is 5.74. The highest BCUT2D eigenvalue weighted by Crippen LogP contribution is 2.11. The summed E-state index contributed by atoms with van der Waals surface area (Å²) < 4.78 is 0. The molecule has 0 spiro atoms. The monoisotopic (exact) mass is 164 g/mol. The standard InChI is InChI=1S/C8H8N2S/c1-7(10-6-11)8-4-2-3-5-9-8/h2-5,7H,1H3. The Morgan fingerprint density at radius 1 is 1.64 bits per heavy atom. The lowest BCUT2D eigenvalue weighted by Gasteiger charge is -2.00. The Morgan fingerprint density at radius 2 is 2.45 bits per heavy atom. The quantitative estimate of drug-likeness (QED) is 0.494. The van der Waals surface area contributed by atoms with Crippen LogP contribution >= 0.6 is 12.2 Å². The molecule has 1 aromatic heterocycles. The maximum absolute atomic E-state index is 4.48. The summed E-state index contributed by atoms with van der Waals surface area (Å²) >= 11 is 4.48. The van der Waals surface area contributed by atoms with Crippen molar-refractivity contribution in [2.75, 3.05) is 0 Å². The number of isothiocyanates is 1. The lowest BCUT2D eigenvalue weighted by Crippen LogP contribution is -1.91. The van der Waals surface area contributed by atoms with Crippen LogP contribution in [0.2, 0.25) is 0 Å². The molecule has 56 valence electrons. The molecule has 1 rings (SSSR count). The summed E-state index contributed by atoms with van der Waals surface area (Å²) in [5, 5.41) is 2.33. The van der Waals surface area contributed by atoms with Gasteiger partial charge in [0.1, 0.15) is 0 Å². The molecule has 0 saturated heterocycles. The first kappa shape index (κ1) is 8.05. The minimum Gasteiger partial charge on any atom is -0.259 e. The minimum absolute atomic E-state index is 0.0219. The molecule has 0 radical (unpaired) electrons. The molecule has 3 heteroatoms. The molecule has 0 N–H and O–H groups in total. The van der Waals surface area contributed by atoms with Gasteiger partial charge in [-0.15, -0.1) is 0 Å². The van der Waals surface area contributed by atoms with Crippen molar-refractivity contribution in [2.45, 2.75) is 13.0 Å². The van der Waals surface area contributed by atoms with Gasteiger partial charge in [0.25, 0.3) is 0 Å². The van der Waals surface area contributed by atoms with Gasteiger partial charge >= 0.3 is 0 Å². The maximum Gasteiger partial charge on any atom is 0.0994 e. The molecule has 0 aliphatic heterocycles. The van der Waals surface area contributed by atoms with Crippen molar-refractivity contribution in [2.24, 2.45) is 4.99 Å². The Kier molecular flexibility index (Phi) is 2.90. The molecule has 1 heterocycles. The molecule has 0 bridgehead atoms. The molecule has 11 heavy (non-hydrogen) atoms. The predicted octanol–water partition coefficient (Wildman–Crippen LogP) is 2.25. The molecule has 0 aliphatic rings. The fourth-order valence-electron chi connectivity index (χ4n) is 0.768. The van der Waals surface area contributed by atoms with E-state index in [0.29, 0.717) is 0 Å². The number of rotatable bonds is 2. The number of hydrogen-bond acceptors (Lipinski definition) is 3. The minimum atomic E-state index is 0.0219. The summed E-state index contributed by atoms with van der Waals surface area (Å²) in [5.74, 6) is 0. The number of nitrogens with zero attached hydrogens (tertiary/aromatic N) is 2. The van der Waals surface area contributed by atoms with Crippen LogP contribution in [0.1, 0.15) is 18.7 Å². The van der Waals surface area contributed by atoms with Gasteiger partial charge < -0.3 is 0 Å². The third-order valence-electron chi connectivity index (χ3n) is 1.36. The van der Waals surface area contributed by atoms with Gasteiger partial charge in [0.2, 0.25) is 0 Å². The maximum atomic E-state index is 4.48. The summed E-state index contributed by atoms with van der Waals surface area (Å²) in [5.41, 5.74) is 0.921. The van der Waals surface area contributed by atoms with Gasteiger partial charge in [0.05, 0.1) is 16.9 Å². The second-order valence-corrected chi connectivity index (χ2v) is 2.33. The Bertz CT molecular complexity index is 265. The third kappa shape index (κ3) is 2.22. The van der Waals surface area contributed by atoms with E-state index in [0.717, 1.165) is 5.69 Å². The second-order valence-electron chi connectivity index (χ2n) is 2.15. The third-order valence-corrected chi connectivity index (χ3v) is 1.47. The van der Waals surface area contributed by atoms with Crippen molar-refractivity contribution in [3.63, 3.8) is 0 Å². The lowest BCUT2D eigenvalue weighted by atomic mass is 10.2. The van der Waals surface area contributed by atoms with Crippen LogP contribution in [0.25, 0.3) is 0 Å². The van der Waals surface area contributed by atoms with Gasteiger partial charge in [-0.2, -0.15) is 0 Å². The Hall–Kier alpha value is -1.05. The molecule has 0 amide bonds. The van der Waals surface area contributed by atoms with E-state index in [2.05, 4.69) is 27.4 Å². The first-order valence-electron chi connectivity index (χ1n) is 3.32. The topological polar surface area (TPSA) is 25.2 Å². The smallest absolute Gasteiger partial charge is 0.0994 e. The van der Waals surface area contributed by atoms with Crippen LogP contribution < -0.4 is 0 Å². The van der Waals surface area contributed by atoms with Crippen LogP contribution in [0, 0.1) is 0 Å². The van der Waals surface area contributed by atoms with E-state index < -0.39 is 0 Å². The number of pyridine rings is 1. The van der Waals surface area contributed by atoms with E-state index in [-0.39, 0.29) is 6.04 Å². The molecule has 0 fully saturated rings. The summed E-state index contributed by atoms with van der Waals surface area (Å²) in [6.45, 7) is 1.93. The summed E-state index contributed by atoms with van der Waals surface area (Å²) in [6.07, 6.45) is 1.74. The number of aliphatic imine (C=N–C) groups is 1. The van der Waals surface area contributed by atoms with Crippen molar-refractivity contribution < 1.29 is 0 Å². The van der Waals surface area contributed by atoms with Gasteiger partial charge in [-0.1, -0.05) is 6.07 Å². The predicted molar refractivity (Wildman–Crippen MR) is 47.7 cm³/mol. The zero-order valence-electron chi connectivity index (χ0n) is 6.19. The van der Waals surface area contributed by atoms with Gasteiger partial charge in [0, 0.05) is 6.20 Å². The van der Waals surface area contributed by atoms with E-state index in [4.69, 9.17) is 0 Å². The Labute approximate surface area is 71.0 Å². The summed E-state index contributed by atoms with van der Waals surface area (Å²) in [7, 11) is 0. The highest BCUT2D eigenvalue weighted by molar-refractivity contribution is 7.78. The van der Waals surface area contributed by atoms with Crippen molar-refractivity contribution in [3.05, 3.63) is 30.1 Å². The van der Waals surface area contributed by atoms with E-state index >= 15 is 0 Å². The molecular formula is C8H8N2S. The molecule has 2 nitrogen and oxygen atoms in total. The van der Waals surface area contributed by atoms with Crippen molar-refractivity contribution in [1.82, 2.24) is 4.98 Å². The molecule has 0 aromatic carbocycles. The first-order chi connectivity index (χ1) is 5.34. The molecular weight excluding hydrogens is 156 g/mol. The van der Waals surface area contributed by atoms with Crippen LogP contribution in [-0.4, -0.2) is 10.1 Å². The second kappa shape index (κ2) is 3.96. The van der Waals surface area contributed by atoms with Crippen molar-refractivity contribution in [1.29, 1.82) is 0 Å². The molecule has 1 aromatic rings. The number of hydrogen-bond donors (Lipinski definition) is 0. The average Bonchev–Trinajstić information content (AvgIpc) is 2.07. The molecule has 1 unspecified atom stereocenters. The Balaban J connectivity index is 2.84. The Morgan fingerprint density at radius 3 is 3.00 bits per heavy atom. The van der Waals surface area contributed by atoms with Gasteiger partial charge in [-0.25, -0.2) is 4.99 Å². The highest BCUT2D eigenvalue weighted by Gasteiger charge is 2.00. The van der Waals surface area contributed by atoms with E-state index in [1.165, 1.54) is 0 Å². The average molecular weight is 164 g/mol. The number of thiocarbonyl (C=S) groups is 1. The summed E-state index contributed by atoms with van der Waals surface area (Å²) in [4.78, 5) is 8.01. The SMILES string of the molecule is CC(N=C=S)c1ccccn1. The van der Waals surface area contributed by atoms with E-state index in [1.807, 2.05) is 25.1 Å². The van der Waals surface area contributed by atoms with Crippen LogP contribution in [0.4, 0.5) is 0 Å². The van der Waals surface area contributed by atoms with Crippen LogP contribution in [0.15, 0.2) is 29.4 Å². The lowest BCUT2D eigenvalue weighted by molar-refractivity contribution is 0.790. The van der Waals surface area contributed by atoms with Crippen LogP contribution in [0.3, 0.4) is 0 Å². The zero-order chi connectivity index (χ0) is 8.10. The first-order valence-corrected chi connectivity index (χ1v) is 3.73. The fourth-order valence-corrected chi connectivity index (χ4v) is 0.926. The highest BCUT2D eigenvalue weighted by atomic mass is 32.1. The largest absolute Gasteiger partial charge is 0.259 e. The van der Waals surface area contributed by atoms with Crippen molar-refractivity contribution in [3.8, 4) is 0 Å². The van der Waals surface area contributed by atoms with Gasteiger partial charge in [-0.3, -0.25) is 4.98 Å². The molecule has 1 atom stereocenters.